The van der Waals surface area contributed by atoms with Crippen LogP contribution in [0.25, 0.3) is 0 Å². The van der Waals surface area contributed by atoms with Crippen LogP contribution in [-0.4, -0.2) is 12.5 Å². The molecule has 0 atom stereocenters. The molecule has 2 aromatic rings. The summed E-state index contributed by atoms with van der Waals surface area (Å²) in [6.07, 6.45) is 0. The molecule has 0 bridgehead atoms. The van der Waals surface area contributed by atoms with Crippen molar-refractivity contribution in [3.05, 3.63) is 53.1 Å². The highest BCUT2D eigenvalue weighted by Gasteiger charge is 2.06. The molecule has 0 saturated heterocycles. The Morgan fingerprint density at radius 2 is 2.05 bits per heavy atom. The first-order valence-electron chi connectivity index (χ1n) is 6.09. The lowest BCUT2D eigenvalue weighted by Gasteiger charge is -2.09. The van der Waals surface area contributed by atoms with E-state index in [9.17, 15) is 4.79 Å². The molecule has 20 heavy (non-hydrogen) atoms. The van der Waals surface area contributed by atoms with Crippen molar-refractivity contribution < 1.29 is 9.53 Å². The van der Waals surface area contributed by atoms with E-state index < -0.39 is 0 Å². The minimum Gasteiger partial charge on any atom is -0.482 e. The summed E-state index contributed by atoms with van der Waals surface area (Å²) in [5.41, 5.74) is 7.81. The van der Waals surface area contributed by atoms with Gasteiger partial charge >= 0.3 is 0 Å². The van der Waals surface area contributed by atoms with Crippen LogP contribution in [-0.2, 0) is 4.79 Å². The number of rotatable bonds is 4. The van der Waals surface area contributed by atoms with Crippen LogP contribution in [0.4, 0.5) is 11.4 Å². The average molecular weight is 291 g/mol. The second-order valence-corrected chi connectivity index (χ2v) is 4.75. The van der Waals surface area contributed by atoms with Gasteiger partial charge in [0, 0.05) is 10.7 Å². The van der Waals surface area contributed by atoms with Crippen molar-refractivity contribution in [1.82, 2.24) is 0 Å². The summed E-state index contributed by atoms with van der Waals surface area (Å²) in [7, 11) is 0. The van der Waals surface area contributed by atoms with Crippen molar-refractivity contribution in [3.63, 3.8) is 0 Å². The van der Waals surface area contributed by atoms with Crippen LogP contribution in [0.5, 0.6) is 5.75 Å². The highest BCUT2D eigenvalue weighted by molar-refractivity contribution is 6.31. The summed E-state index contributed by atoms with van der Waals surface area (Å²) < 4.78 is 5.35. The van der Waals surface area contributed by atoms with Crippen LogP contribution in [0.3, 0.4) is 0 Å². The summed E-state index contributed by atoms with van der Waals surface area (Å²) in [6.45, 7) is 1.79. The molecule has 1 amide bonds. The van der Waals surface area contributed by atoms with Crippen molar-refractivity contribution in [3.8, 4) is 5.75 Å². The summed E-state index contributed by atoms with van der Waals surface area (Å²) in [5, 5.41) is 3.32. The van der Waals surface area contributed by atoms with Crippen LogP contribution < -0.4 is 15.8 Å². The molecule has 0 spiro atoms. The maximum Gasteiger partial charge on any atom is 0.262 e. The molecule has 104 valence electrons. The predicted molar refractivity (Wildman–Crippen MR) is 81.2 cm³/mol. The highest BCUT2D eigenvalue weighted by Crippen LogP contribution is 2.21. The lowest BCUT2D eigenvalue weighted by Crippen LogP contribution is -2.20. The second kappa shape index (κ2) is 6.30. The Kier molecular flexibility index (Phi) is 4.48. The molecule has 0 aromatic heterocycles. The van der Waals surface area contributed by atoms with Crippen molar-refractivity contribution in [2.45, 2.75) is 6.92 Å². The number of halogens is 1. The lowest BCUT2D eigenvalue weighted by atomic mass is 10.2. The van der Waals surface area contributed by atoms with Crippen molar-refractivity contribution >= 4 is 28.9 Å². The molecular formula is C15H15ClN2O2. The Morgan fingerprint density at radius 1 is 1.30 bits per heavy atom. The fraction of sp³-hybridized carbons (Fsp3) is 0.133. The fourth-order valence-electron chi connectivity index (χ4n) is 1.62. The third kappa shape index (κ3) is 3.65. The van der Waals surface area contributed by atoms with E-state index in [1.165, 1.54) is 0 Å². The minimum atomic E-state index is -0.270. The number of nitrogens with two attached hydrogens (primary N) is 1. The standard InChI is InChI=1S/C15H15ClN2O2/c1-10-6-7-11(8-12(10)16)18-15(19)9-20-14-5-3-2-4-13(14)17/h2-8H,9,17H2,1H3,(H,18,19). The minimum absolute atomic E-state index is 0.111. The van der Waals surface area contributed by atoms with E-state index in [4.69, 9.17) is 22.1 Å². The van der Waals surface area contributed by atoms with Gasteiger partial charge in [-0.2, -0.15) is 0 Å². The van der Waals surface area contributed by atoms with Gasteiger partial charge in [0.05, 0.1) is 5.69 Å². The number of benzene rings is 2. The zero-order chi connectivity index (χ0) is 14.5. The largest absolute Gasteiger partial charge is 0.482 e. The third-order valence-electron chi connectivity index (χ3n) is 2.73. The maximum absolute atomic E-state index is 11.8. The van der Waals surface area contributed by atoms with Crippen LogP contribution in [0.1, 0.15) is 5.56 Å². The molecule has 0 heterocycles. The Hall–Kier alpha value is -2.20. The van der Waals surface area contributed by atoms with Crippen LogP contribution in [0.15, 0.2) is 42.5 Å². The van der Waals surface area contributed by atoms with E-state index in [2.05, 4.69) is 5.32 Å². The number of hydrogen-bond donors (Lipinski definition) is 2. The Labute approximate surface area is 122 Å². The van der Waals surface area contributed by atoms with Gasteiger partial charge < -0.3 is 15.8 Å². The highest BCUT2D eigenvalue weighted by atomic mass is 35.5. The van der Waals surface area contributed by atoms with Gasteiger partial charge in [0.2, 0.25) is 0 Å². The van der Waals surface area contributed by atoms with Gasteiger partial charge in [-0.1, -0.05) is 29.8 Å². The number of anilines is 2. The van der Waals surface area contributed by atoms with Gasteiger partial charge in [0.1, 0.15) is 5.75 Å². The maximum atomic E-state index is 11.8. The topological polar surface area (TPSA) is 64.3 Å². The average Bonchev–Trinajstić information content (AvgIpc) is 2.42. The number of nitrogens with one attached hydrogen (secondary N) is 1. The van der Waals surface area contributed by atoms with Gasteiger partial charge in [0.25, 0.3) is 5.91 Å². The SMILES string of the molecule is Cc1ccc(NC(=O)COc2ccccc2N)cc1Cl. The number of amides is 1. The molecule has 5 heteroatoms. The molecule has 3 N–H and O–H groups in total. The van der Waals surface area contributed by atoms with Gasteiger partial charge in [-0.3, -0.25) is 4.79 Å². The summed E-state index contributed by atoms with van der Waals surface area (Å²) in [5.74, 6) is 0.220. The van der Waals surface area contributed by atoms with Crippen LogP contribution >= 0.6 is 11.6 Å². The number of para-hydroxylation sites is 2. The van der Waals surface area contributed by atoms with Gasteiger partial charge in [-0.25, -0.2) is 0 Å². The first kappa shape index (κ1) is 14.2. The Balaban J connectivity index is 1.93. The summed E-state index contributed by atoms with van der Waals surface area (Å²) >= 11 is 5.99. The van der Waals surface area contributed by atoms with E-state index in [1.54, 1.807) is 36.4 Å². The molecule has 0 aliphatic heterocycles. The molecule has 2 rings (SSSR count). The first-order valence-corrected chi connectivity index (χ1v) is 6.47. The van der Waals surface area contributed by atoms with E-state index in [1.807, 2.05) is 13.0 Å². The Morgan fingerprint density at radius 3 is 2.75 bits per heavy atom. The van der Waals surface area contributed by atoms with Crippen molar-refractivity contribution in [2.75, 3.05) is 17.7 Å². The number of hydrogen-bond acceptors (Lipinski definition) is 3. The third-order valence-corrected chi connectivity index (χ3v) is 3.14. The fourth-order valence-corrected chi connectivity index (χ4v) is 1.80. The van der Waals surface area contributed by atoms with Crippen LogP contribution in [0.2, 0.25) is 5.02 Å². The molecule has 0 radical (unpaired) electrons. The molecule has 0 saturated carbocycles. The van der Waals surface area contributed by atoms with E-state index in [0.717, 1.165) is 5.56 Å². The normalized spacial score (nSPS) is 10.1. The first-order chi connectivity index (χ1) is 9.56. The smallest absolute Gasteiger partial charge is 0.262 e. The lowest BCUT2D eigenvalue weighted by molar-refractivity contribution is -0.118. The number of ether oxygens (including phenoxy) is 1. The Bertz CT molecular complexity index is 629. The molecule has 0 aliphatic rings. The van der Waals surface area contributed by atoms with Gasteiger partial charge in [-0.15, -0.1) is 0 Å². The molecule has 2 aromatic carbocycles. The van der Waals surface area contributed by atoms with E-state index in [-0.39, 0.29) is 12.5 Å². The number of carbonyl (C=O) groups is 1. The molecule has 0 aliphatic carbocycles. The monoisotopic (exact) mass is 290 g/mol. The molecule has 0 fully saturated rings. The quantitative estimate of drug-likeness (QED) is 0.850. The number of aryl methyl sites for hydroxylation is 1. The molecule has 0 unspecified atom stereocenters. The van der Waals surface area contributed by atoms with Gasteiger partial charge in [-0.05, 0) is 36.8 Å². The van der Waals surface area contributed by atoms with Crippen molar-refractivity contribution in [1.29, 1.82) is 0 Å². The van der Waals surface area contributed by atoms with E-state index in [0.29, 0.717) is 22.1 Å². The molecule has 4 nitrogen and oxygen atoms in total. The van der Waals surface area contributed by atoms with Crippen molar-refractivity contribution in [2.24, 2.45) is 0 Å². The van der Waals surface area contributed by atoms with E-state index >= 15 is 0 Å². The predicted octanol–water partition coefficient (Wildman–Crippen LogP) is 3.25. The van der Waals surface area contributed by atoms with Gasteiger partial charge in [0.15, 0.2) is 6.61 Å². The zero-order valence-corrected chi connectivity index (χ0v) is 11.8. The zero-order valence-electron chi connectivity index (χ0n) is 11.0. The summed E-state index contributed by atoms with van der Waals surface area (Å²) in [4.78, 5) is 11.8. The molecular weight excluding hydrogens is 276 g/mol. The second-order valence-electron chi connectivity index (χ2n) is 4.34. The van der Waals surface area contributed by atoms with Crippen LogP contribution in [0, 0.1) is 6.92 Å². The number of carbonyl (C=O) groups excluding carboxylic acids is 1. The number of nitrogen functional groups attached to an aromatic ring is 1. The summed E-state index contributed by atoms with van der Waals surface area (Å²) in [6, 6.07) is 12.4.